The van der Waals surface area contributed by atoms with E-state index < -0.39 is 0 Å². The molecule has 102 valence electrons. The number of anilines is 3. The first-order chi connectivity index (χ1) is 9.65. The standard InChI is InChI=1S/C13H12BrN5S/c1-7-5-10-11(16-9-4-2-3-8(14)6-9)17-13(19-15)18-12(10)20-7/h2-6H,15H2,1H3,(H2,16,17,18,19). The quantitative estimate of drug-likeness (QED) is 0.495. The molecule has 0 saturated heterocycles. The maximum Gasteiger partial charge on any atom is 0.240 e. The Labute approximate surface area is 128 Å². The molecule has 5 nitrogen and oxygen atoms in total. The zero-order valence-corrected chi connectivity index (χ0v) is 13.0. The van der Waals surface area contributed by atoms with Gasteiger partial charge in [-0.25, -0.2) is 10.8 Å². The molecule has 0 radical (unpaired) electrons. The lowest BCUT2D eigenvalue weighted by Gasteiger charge is -2.08. The number of fused-ring (bicyclic) bond motifs is 1. The zero-order valence-electron chi connectivity index (χ0n) is 10.6. The zero-order chi connectivity index (χ0) is 14.1. The third kappa shape index (κ3) is 2.60. The maximum atomic E-state index is 5.43. The van der Waals surface area contributed by atoms with Crippen LogP contribution >= 0.6 is 27.3 Å². The molecule has 2 aromatic heterocycles. The van der Waals surface area contributed by atoms with Gasteiger partial charge < -0.3 is 5.32 Å². The van der Waals surface area contributed by atoms with Crippen molar-refractivity contribution in [3.8, 4) is 0 Å². The molecule has 0 unspecified atom stereocenters. The number of hydrogen-bond donors (Lipinski definition) is 3. The second kappa shape index (κ2) is 5.35. The van der Waals surface area contributed by atoms with Gasteiger partial charge in [0.1, 0.15) is 10.6 Å². The van der Waals surface area contributed by atoms with Gasteiger partial charge in [-0.1, -0.05) is 22.0 Å². The SMILES string of the molecule is Cc1cc2c(Nc3cccc(Br)c3)nc(NN)nc2s1. The minimum atomic E-state index is 0.400. The third-order valence-corrected chi connectivity index (χ3v) is 4.17. The van der Waals surface area contributed by atoms with E-state index >= 15 is 0 Å². The van der Waals surface area contributed by atoms with Crippen molar-refractivity contribution in [3.63, 3.8) is 0 Å². The lowest BCUT2D eigenvalue weighted by Crippen LogP contribution is -2.11. The topological polar surface area (TPSA) is 75.9 Å². The predicted molar refractivity (Wildman–Crippen MR) is 87.4 cm³/mol. The summed E-state index contributed by atoms with van der Waals surface area (Å²) in [6.07, 6.45) is 0. The van der Waals surface area contributed by atoms with Crippen LogP contribution in [0.2, 0.25) is 0 Å². The fourth-order valence-electron chi connectivity index (χ4n) is 1.90. The molecular formula is C13H12BrN5S. The van der Waals surface area contributed by atoms with Gasteiger partial charge >= 0.3 is 0 Å². The van der Waals surface area contributed by atoms with Gasteiger partial charge in [-0.3, -0.25) is 5.43 Å². The van der Waals surface area contributed by atoms with Crippen molar-refractivity contribution in [2.24, 2.45) is 5.84 Å². The van der Waals surface area contributed by atoms with Crippen LogP contribution in [0.4, 0.5) is 17.5 Å². The molecule has 3 aromatic rings. The molecule has 0 aliphatic heterocycles. The van der Waals surface area contributed by atoms with Gasteiger partial charge in [-0.15, -0.1) is 11.3 Å². The summed E-state index contributed by atoms with van der Waals surface area (Å²) in [5.74, 6) is 6.57. The van der Waals surface area contributed by atoms with Crippen LogP contribution in [0.3, 0.4) is 0 Å². The fourth-order valence-corrected chi connectivity index (χ4v) is 3.18. The summed E-state index contributed by atoms with van der Waals surface area (Å²) in [5, 5.41) is 4.30. The summed E-state index contributed by atoms with van der Waals surface area (Å²) in [6, 6.07) is 9.98. The molecule has 0 fully saturated rings. The van der Waals surface area contributed by atoms with Crippen molar-refractivity contribution < 1.29 is 0 Å². The van der Waals surface area contributed by atoms with E-state index in [1.54, 1.807) is 11.3 Å². The minimum absolute atomic E-state index is 0.400. The molecule has 3 rings (SSSR count). The van der Waals surface area contributed by atoms with Crippen LogP contribution < -0.4 is 16.6 Å². The number of rotatable bonds is 3. The number of aryl methyl sites for hydroxylation is 1. The van der Waals surface area contributed by atoms with Gasteiger partial charge in [-0.2, -0.15) is 4.98 Å². The van der Waals surface area contributed by atoms with Crippen LogP contribution in [-0.2, 0) is 0 Å². The molecule has 4 N–H and O–H groups in total. The van der Waals surface area contributed by atoms with E-state index in [9.17, 15) is 0 Å². The molecule has 0 saturated carbocycles. The second-order valence-electron chi connectivity index (χ2n) is 4.25. The van der Waals surface area contributed by atoms with Crippen molar-refractivity contribution in [2.75, 3.05) is 10.7 Å². The summed E-state index contributed by atoms with van der Waals surface area (Å²) in [7, 11) is 0. The highest BCUT2D eigenvalue weighted by molar-refractivity contribution is 9.10. The number of hydrogen-bond acceptors (Lipinski definition) is 6. The van der Waals surface area contributed by atoms with Crippen molar-refractivity contribution in [1.29, 1.82) is 0 Å². The smallest absolute Gasteiger partial charge is 0.240 e. The highest BCUT2D eigenvalue weighted by atomic mass is 79.9. The Bertz CT molecular complexity index is 771. The number of halogens is 1. The van der Waals surface area contributed by atoms with E-state index in [2.05, 4.69) is 42.7 Å². The Hall–Kier alpha value is -1.70. The van der Waals surface area contributed by atoms with E-state index in [4.69, 9.17) is 5.84 Å². The first kappa shape index (κ1) is 13.3. The van der Waals surface area contributed by atoms with Crippen LogP contribution in [0.25, 0.3) is 10.2 Å². The fraction of sp³-hybridized carbons (Fsp3) is 0.0769. The number of nitrogen functional groups attached to an aromatic ring is 1. The van der Waals surface area contributed by atoms with Gasteiger partial charge in [0.05, 0.1) is 5.39 Å². The number of benzene rings is 1. The Morgan fingerprint density at radius 1 is 1.25 bits per heavy atom. The number of nitrogens with two attached hydrogens (primary N) is 1. The lowest BCUT2D eigenvalue weighted by atomic mass is 10.3. The van der Waals surface area contributed by atoms with Crippen LogP contribution in [0.5, 0.6) is 0 Å². The predicted octanol–water partition coefficient (Wildman–Crippen LogP) is 3.79. The normalized spacial score (nSPS) is 10.8. The number of thiophene rings is 1. The minimum Gasteiger partial charge on any atom is -0.339 e. The molecule has 0 atom stereocenters. The monoisotopic (exact) mass is 349 g/mol. The third-order valence-electron chi connectivity index (χ3n) is 2.73. The summed E-state index contributed by atoms with van der Waals surface area (Å²) in [4.78, 5) is 10.8. The molecule has 2 heterocycles. The average molecular weight is 350 g/mol. The summed E-state index contributed by atoms with van der Waals surface area (Å²) in [6.45, 7) is 2.05. The van der Waals surface area contributed by atoms with Gasteiger partial charge in [0.25, 0.3) is 0 Å². The molecule has 0 aliphatic carbocycles. The van der Waals surface area contributed by atoms with E-state index in [1.165, 1.54) is 4.88 Å². The van der Waals surface area contributed by atoms with Crippen LogP contribution in [0.15, 0.2) is 34.8 Å². The van der Waals surface area contributed by atoms with Crippen LogP contribution in [-0.4, -0.2) is 9.97 Å². The summed E-state index contributed by atoms with van der Waals surface area (Å²) >= 11 is 5.07. The lowest BCUT2D eigenvalue weighted by molar-refractivity contribution is 1.16. The highest BCUT2D eigenvalue weighted by Gasteiger charge is 2.10. The van der Waals surface area contributed by atoms with E-state index in [1.807, 2.05) is 31.2 Å². The van der Waals surface area contributed by atoms with Crippen molar-refractivity contribution in [1.82, 2.24) is 9.97 Å². The summed E-state index contributed by atoms with van der Waals surface area (Å²) in [5.41, 5.74) is 3.45. The largest absolute Gasteiger partial charge is 0.339 e. The molecular weight excluding hydrogens is 338 g/mol. The van der Waals surface area contributed by atoms with Crippen LogP contribution in [0.1, 0.15) is 4.88 Å². The van der Waals surface area contributed by atoms with Crippen molar-refractivity contribution >= 4 is 54.9 Å². The van der Waals surface area contributed by atoms with Gasteiger partial charge in [0, 0.05) is 15.0 Å². The average Bonchev–Trinajstić information content (AvgIpc) is 2.79. The molecule has 1 aromatic carbocycles. The van der Waals surface area contributed by atoms with E-state index in [0.717, 1.165) is 26.2 Å². The molecule has 0 amide bonds. The number of nitrogens with one attached hydrogen (secondary N) is 2. The molecule has 20 heavy (non-hydrogen) atoms. The molecule has 0 spiro atoms. The molecule has 0 aliphatic rings. The number of nitrogens with zero attached hydrogens (tertiary/aromatic N) is 2. The number of aromatic nitrogens is 2. The van der Waals surface area contributed by atoms with Crippen molar-refractivity contribution in [2.45, 2.75) is 6.92 Å². The highest BCUT2D eigenvalue weighted by Crippen LogP contribution is 2.31. The maximum absolute atomic E-state index is 5.43. The van der Waals surface area contributed by atoms with E-state index in [0.29, 0.717) is 5.95 Å². The van der Waals surface area contributed by atoms with Gasteiger partial charge in [0.15, 0.2) is 0 Å². The molecule has 0 bridgehead atoms. The second-order valence-corrected chi connectivity index (χ2v) is 6.40. The van der Waals surface area contributed by atoms with Gasteiger partial charge in [0.2, 0.25) is 5.95 Å². The Morgan fingerprint density at radius 2 is 2.10 bits per heavy atom. The summed E-state index contributed by atoms with van der Waals surface area (Å²) < 4.78 is 1.01. The van der Waals surface area contributed by atoms with E-state index in [-0.39, 0.29) is 0 Å². The Balaban J connectivity index is 2.09. The first-order valence-electron chi connectivity index (χ1n) is 5.93. The van der Waals surface area contributed by atoms with Crippen molar-refractivity contribution in [3.05, 3.63) is 39.7 Å². The first-order valence-corrected chi connectivity index (χ1v) is 7.54. The molecule has 7 heteroatoms. The van der Waals surface area contributed by atoms with Crippen LogP contribution in [0, 0.1) is 6.92 Å². The Morgan fingerprint density at radius 3 is 2.85 bits per heavy atom. The van der Waals surface area contributed by atoms with Gasteiger partial charge in [-0.05, 0) is 31.2 Å². The Kier molecular flexibility index (Phi) is 3.56. The number of hydrazine groups is 1.